The zero-order valence-corrected chi connectivity index (χ0v) is 22.0. The van der Waals surface area contributed by atoms with Crippen molar-refractivity contribution in [1.29, 1.82) is 5.26 Å². The molecule has 0 saturated heterocycles. The molecular weight excluding hydrogens is 430 g/mol. The quantitative estimate of drug-likeness (QED) is 0.175. The van der Waals surface area contributed by atoms with E-state index >= 15 is 0 Å². The zero-order chi connectivity index (χ0) is 25.0. The Bertz CT molecular complexity index is 964. The van der Waals surface area contributed by atoms with Crippen LogP contribution in [0.25, 0.3) is 0 Å². The van der Waals surface area contributed by atoms with Crippen LogP contribution in [-0.2, 0) is 0 Å². The van der Waals surface area contributed by atoms with Crippen molar-refractivity contribution in [2.75, 3.05) is 0 Å². The molecule has 3 nitrogen and oxygen atoms in total. The minimum atomic E-state index is -0.407. The van der Waals surface area contributed by atoms with Gasteiger partial charge in [0.25, 0.3) is 0 Å². The first-order chi connectivity index (χ1) is 17.0. The lowest BCUT2D eigenvalue weighted by atomic mass is 9.77. The molecule has 1 aliphatic rings. The average molecular weight is 474 g/mol. The van der Waals surface area contributed by atoms with Gasteiger partial charge in [0.15, 0.2) is 0 Å². The molecule has 0 heterocycles. The van der Waals surface area contributed by atoms with E-state index in [0.29, 0.717) is 28.7 Å². The van der Waals surface area contributed by atoms with E-state index in [1.807, 2.05) is 24.3 Å². The normalized spacial score (nSPS) is 18.6. The number of hydrogen-bond donors (Lipinski definition) is 0. The number of carbonyl (C=O) groups is 1. The summed E-state index contributed by atoms with van der Waals surface area (Å²) in [6, 6.07) is 15.7. The van der Waals surface area contributed by atoms with Crippen molar-refractivity contribution in [2.24, 2.45) is 5.92 Å². The van der Waals surface area contributed by atoms with Gasteiger partial charge >= 0.3 is 5.97 Å². The highest BCUT2D eigenvalue weighted by atomic mass is 16.5. The molecule has 188 valence electrons. The molecule has 0 N–H and O–H groups in total. The molecule has 3 rings (SSSR count). The summed E-state index contributed by atoms with van der Waals surface area (Å²) in [5, 5.41) is 9.61. The number of carbonyl (C=O) groups excluding carboxylic acids is 1. The average Bonchev–Trinajstić information content (AvgIpc) is 2.90. The van der Waals surface area contributed by atoms with Gasteiger partial charge in [-0.1, -0.05) is 83.9 Å². The molecule has 35 heavy (non-hydrogen) atoms. The fraction of sp³-hybridized carbons (Fsp3) is 0.562. The van der Waals surface area contributed by atoms with Gasteiger partial charge in [0.2, 0.25) is 0 Å². The smallest absolute Gasteiger partial charge is 0.343 e. The van der Waals surface area contributed by atoms with Crippen LogP contribution in [0.1, 0.15) is 137 Å². The molecule has 0 bridgehead atoms. The van der Waals surface area contributed by atoms with Crippen LogP contribution in [0.5, 0.6) is 5.75 Å². The zero-order valence-electron chi connectivity index (χ0n) is 22.0. The first kappa shape index (κ1) is 27.0. The molecule has 2 aromatic rings. The number of benzene rings is 2. The summed E-state index contributed by atoms with van der Waals surface area (Å²) in [5.41, 5.74) is 3.40. The lowest BCUT2D eigenvalue weighted by Crippen LogP contribution is -2.14. The van der Waals surface area contributed by atoms with Gasteiger partial charge in [-0.15, -0.1) is 0 Å². The lowest BCUT2D eigenvalue weighted by Gasteiger charge is -2.29. The Balaban J connectivity index is 1.54. The number of ether oxygens (including phenoxy) is 1. The van der Waals surface area contributed by atoms with Crippen LogP contribution < -0.4 is 4.74 Å². The van der Waals surface area contributed by atoms with Crippen LogP contribution in [0.3, 0.4) is 0 Å². The Hall–Kier alpha value is -2.60. The molecule has 0 spiro atoms. The minimum Gasteiger partial charge on any atom is -0.422 e. The van der Waals surface area contributed by atoms with Crippen molar-refractivity contribution in [3.63, 3.8) is 0 Å². The highest BCUT2D eigenvalue weighted by Gasteiger charge is 2.22. The molecule has 1 unspecified atom stereocenters. The van der Waals surface area contributed by atoms with Gasteiger partial charge in [0.05, 0.1) is 11.1 Å². The van der Waals surface area contributed by atoms with E-state index in [0.717, 1.165) is 30.7 Å². The number of nitriles is 1. The standard InChI is InChI=1S/C32H43NO2/c1-4-6-8-9-11-25-12-14-26(15-13-25)27-16-18-28(19-17-27)32(34)35-31-21-20-29(22-30(31)23-33)24(3)10-7-5-2/h16-22,24-26H,4-15H2,1-3H3. The summed E-state index contributed by atoms with van der Waals surface area (Å²) < 4.78 is 5.63. The Morgan fingerprint density at radius 1 is 0.971 bits per heavy atom. The van der Waals surface area contributed by atoms with Crippen molar-refractivity contribution in [3.05, 3.63) is 64.7 Å². The van der Waals surface area contributed by atoms with Crippen molar-refractivity contribution >= 4 is 5.97 Å². The molecule has 2 aromatic carbocycles. The molecule has 1 aliphatic carbocycles. The molecule has 1 atom stereocenters. The second-order valence-electron chi connectivity index (χ2n) is 10.5. The van der Waals surface area contributed by atoms with Crippen molar-refractivity contribution in [2.45, 2.75) is 110 Å². The highest BCUT2D eigenvalue weighted by Crippen LogP contribution is 2.38. The van der Waals surface area contributed by atoms with E-state index in [4.69, 9.17) is 4.74 Å². The predicted octanol–water partition coefficient (Wildman–Crippen LogP) is 9.32. The number of hydrogen-bond acceptors (Lipinski definition) is 3. The third kappa shape index (κ3) is 7.96. The number of nitrogens with zero attached hydrogens (tertiary/aromatic N) is 1. The lowest BCUT2D eigenvalue weighted by molar-refractivity contribution is 0.0734. The third-order valence-corrected chi connectivity index (χ3v) is 7.82. The van der Waals surface area contributed by atoms with Crippen LogP contribution in [-0.4, -0.2) is 5.97 Å². The maximum atomic E-state index is 12.8. The highest BCUT2D eigenvalue weighted by molar-refractivity contribution is 5.91. The molecule has 0 aromatic heterocycles. The second kappa shape index (κ2) is 14.1. The topological polar surface area (TPSA) is 50.1 Å². The second-order valence-corrected chi connectivity index (χ2v) is 10.5. The fourth-order valence-electron chi connectivity index (χ4n) is 5.40. The van der Waals surface area contributed by atoms with Crippen molar-refractivity contribution in [1.82, 2.24) is 0 Å². The van der Waals surface area contributed by atoms with E-state index in [1.165, 1.54) is 63.4 Å². The molecule has 0 aliphatic heterocycles. The Labute approximate surface area is 212 Å². The van der Waals surface area contributed by atoms with Crippen LogP contribution in [0.2, 0.25) is 0 Å². The van der Waals surface area contributed by atoms with Crippen LogP contribution >= 0.6 is 0 Å². The van der Waals surface area contributed by atoms with Gasteiger partial charge in [-0.2, -0.15) is 5.26 Å². The van der Waals surface area contributed by atoms with Gasteiger partial charge in [-0.3, -0.25) is 0 Å². The van der Waals surface area contributed by atoms with Crippen LogP contribution in [0.4, 0.5) is 0 Å². The van der Waals surface area contributed by atoms with E-state index < -0.39 is 5.97 Å². The molecule has 0 amide bonds. The Morgan fingerprint density at radius 3 is 2.34 bits per heavy atom. The largest absolute Gasteiger partial charge is 0.422 e. The summed E-state index contributed by atoms with van der Waals surface area (Å²) in [6.45, 7) is 6.63. The molecule has 3 heteroatoms. The first-order valence-electron chi connectivity index (χ1n) is 13.9. The summed E-state index contributed by atoms with van der Waals surface area (Å²) in [5.74, 6) is 1.81. The summed E-state index contributed by atoms with van der Waals surface area (Å²) in [4.78, 5) is 12.8. The SMILES string of the molecule is CCCCCCC1CCC(c2ccc(C(=O)Oc3ccc(C(C)CCCC)cc3C#N)cc2)CC1. The number of unbranched alkanes of at least 4 members (excludes halogenated alkanes) is 4. The van der Waals surface area contributed by atoms with Crippen molar-refractivity contribution in [3.8, 4) is 11.8 Å². The predicted molar refractivity (Wildman–Crippen MR) is 144 cm³/mol. The first-order valence-corrected chi connectivity index (χ1v) is 13.9. The van der Waals surface area contributed by atoms with Gasteiger partial charge in [-0.05, 0) is 85.3 Å². The Morgan fingerprint density at radius 2 is 1.69 bits per heavy atom. The van der Waals surface area contributed by atoms with E-state index in [1.54, 1.807) is 6.07 Å². The maximum Gasteiger partial charge on any atom is 0.343 e. The van der Waals surface area contributed by atoms with Crippen LogP contribution in [0, 0.1) is 17.2 Å². The number of rotatable bonds is 12. The van der Waals surface area contributed by atoms with Gasteiger partial charge in [-0.25, -0.2) is 4.79 Å². The fourth-order valence-corrected chi connectivity index (χ4v) is 5.40. The van der Waals surface area contributed by atoms with Crippen LogP contribution in [0.15, 0.2) is 42.5 Å². The minimum absolute atomic E-state index is 0.338. The third-order valence-electron chi connectivity index (χ3n) is 7.82. The number of esters is 1. The van der Waals surface area contributed by atoms with Gasteiger partial charge in [0.1, 0.15) is 11.8 Å². The summed E-state index contributed by atoms with van der Waals surface area (Å²) in [6.07, 6.45) is 15.4. The summed E-state index contributed by atoms with van der Waals surface area (Å²) >= 11 is 0. The van der Waals surface area contributed by atoms with E-state index in [9.17, 15) is 10.1 Å². The molecular formula is C32H43NO2. The van der Waals surface area contributed by atoms with Gasteiger partial charge in [0, 0.05) is 0 Å². The molecule has 1 saturated carbocycles. The molecule has 1 fully saturated rings. The van der Waals surface area contributed by atoms with E-state index in [2.05, 4.69) is 39.0 Å². The Kier molecular flexibility index (Phi) is 10.9. The van der Waals surface area contributed by atoms with Gasteiger partial charge < -0.3 is 4.74 Å². The van der Waals surface area contributed by atoms with E-state index in [-0.39, 0.29) is 0 Å². The monoisotopic (exact) mass is 473 g/mol. The maximum absolute atomic E-state index is 12.8. The molecule has 0 radical (unpaired) electrons. The summed E-state index contributed by atoms with van der Waals surface area (Å²) in [7, 11) is 0. The van der Waals surface area contributed by atoms with Crippen molar-refractivity contribution < 1.29 is 9.53 Å².